The van der Waals surface area contributed by atoms with Crippen LogP contribution in [0.25, 0.3) is 0 Å². The summed E-state index contributed by atoms with van der Waals surface area (Å²) in [5, 5.41) is 0.717. The van der Waals surface area contributed by atoms with Gasteiger partial charge in [0, 0.05) is 5.25 Å². The van der Waals surface area contributed by atoms with E-state index in [1.165, 1.54) is 24.2 Å². The molecule has 0 radical (unpaired) electrons. The van der Waals surface area contributed by atoms with Gasteiger partial charge in [-0.25, -0.2) is 0 Å². The zero-order valence-electron chi connectivity index (χ0n) is 9.20. The average molecular weight is 208 g/mol. The van der Waals surface area contributed by atoms with Gasteiger partial charge in [-0.3, -0.25) is 0 Å². The van der Waals surface area contributed by atoms with E-state index in [0.717, 1.165) is 11.7 Å². The molecule has 0 amide bonds. The van der Waals surface area contributed by atoms with E-state index < -0.39 is 0 Å². The normalized spacial score (nSPS) is 29.3. The standard InChI is InChI=1S/C13H20S/c1-3-14-13-9-7-5-4-6-8-12(2)10-11-13/h4,6-9,13H,3,5,10-11H2,1-2H3/b6-4-,9-7?,12-8+. The van der Waals surface area contributed by atoms with Crippen molar-refractivity contribution < 1.29 is 0 Å². The molecular formula is C13H20S. The zero-order valence-corrected chi connectivity index (χ0v) is 10.0. The molecule has 0 nitrogen and oxygen atoms in total. The van der Waals surface area contributed by atoms with E-state index in [-0.39, 0.29) is 0 Å². The lowest BCUT2D eigenvalue weighted by molar-refractivity contribution is 0.843. The van der Waals surface area contributed by atoms with Crippen molar-refractivity contribution in [2.45, 2.75) is 38.4 Å². The lowest BCUT2D eigenvalue weighted by Crippen LogP contribution is -1.99. The van der Waals surface area contributed by atoms with Gasteiger partial charge in [-0.15, -0.1) is 0 Å². The van der Waals surface area contributed by atoms with Crippen molar-refractivity contribution >= 4 is 11.8 Å². The fourth-order valence-corrected chi connectivity index (χ4v) is 2.46. The summed E-state index contributed by atoms with van der Waals surface area (Å²) < 4.78 is 0. The molecule has 0 spiro atoms. The second-order valence-electron chi connectivity index (χ2n) is 3.64. The molecule has 0 aromatic carbocycles. The van der Waals surface area contributed by atoms with Crippen LogP contribution in [0.2, 0.25) is 0 Å². The van der Waals surface area contributed by atoms with Crippen LogP contribution >= 0.6 is 11.8 Å². The Labute approximate surface area is 92.2 Å². The topological polar surface area (TPSA) is 0 Å². The van der Waals surface area contributed by atoms with Gasteiger partial charge in [-0.1, -0.05) is 42.9 Å². The Kier molecular flexibility index (Phi) is 5.77. The van der Waals surface area contributed by atoms with Gasteiger partial charge in [0.05, 0.1) is 0 Å². The monoisotopic (exact) mass is 208 g/mol. The Hall–Kier alpha value is -0.430. The number of hydrogen-bond donors (Lipinski definition) is 0. The largest absolute Gasteiger partial charge is 0.155 e. The minimum Gasteiger partial charge on any atom is -0.155 e. The van der Waals surface area contributed by atoms with Crippen LogP contribution in [0.3, 0.4) is 0 Å². The third-order valence-electron chi connectivity index (χ3n) is 2.34. The second kappa shape index (κ2) is 6.94. The molecule has 0 heterocycles. The van der Waals surface area contributed by atoms with Crippen molar-refractivity contribution in [3.8, 4) is 0 Å². The molecular weight excluding hydrogens is 188 g/mol. The SMILES string of the molecule is CCSC1C=CC/C=C\C=C(/C)CC1. The number of thioether (sulfide) groups is 1. The second-order valence-corrected chi connectivity index (χ2v) is 5.15. The molecule has 14 heavy (non-hydrogen) atoms. The van der Waals surface area contributed by atoms with Gasteiger partial charge >= 0.3 is 0 Å². The lowest BCUT2D eigenvalue weighted by Gasteiger charge is -2.11. The van der Waals surface area contributed by atoms with E-state index in [1.807, 2.05) is 0 Å². The van der Waals surface area contributed by atoms with Crippen molar-refractivity contribution in [3.05, 3.63) is 36.0 Å². The Bertz CT molecular complexity index is 236. The molecule has 1 aliphatic carbocycles. The molecule has 0 saturated heterocycles. The Morgan fingerprint density at radius 2 is 2.29 bits per heavy atom. The number of rotatable bonds is 2. The molecule has 1 rings (SSSR count). The first-order valence-corrected chi connectivity index (χ1v) is 6.48. The van der Waals surface area contributed by atoms with Gasteiger partial charge in [0.25, 0.3) is 0 Å². The first-order chi connectivity index (χ1) is 6.83. The Morgan fingerprint density at radius 1 is 1.43 bits per heavy atom. The molecule has 1 atom stereocenters. The van der Waals surface area contributed by atoms with Gasteiger partial charge in [0.15, 0.2) is 0 Å². The third kappa shape index (κ3) is 4.71. The summed E-state index contributed by atoms with van der Waals surface area (Å²) >= 11 is 2.05. The zero-order chi connectivity index (χ0) is 10.2. The van der Waals surface area contributed by atoms with Crippen LogP contribution in [0.5, 0.6) is 0 Å². The van der Waals surface area contributed by atoms with Gasteiger partial charge < -0.3 is 0 Å². The molecule has 1 unspecified atom stereocenters. The van der Waals surface area contributed by atoms with E-state index in [9.17, 15) is 0 Å². The number of hydrogen-bond acceptors (Lipinski definition) is 1. The van der Waals surface area contributed by atoms with Crippen molar-refractivity contribution in [2.24, 2.45) is 0 Å². The Morgan fingerprint density at radius 3 is 3.07 bits per heavy atom. The van der Waals surface area contributed by atoms with Crippen LogP contribution in [0.1, 0.15) is 33.1 Å². The van der Waals surface area contributed by atoms with Crippen LogP contribution in [0, 0.1) is 0 Å². The Balaban J connectivity index is 2.56. The predicted octanol–water partition coefficient (Wildman–Crippen LogP) is 4.35. The fraction of sp³-hybridized carbons (Fsp3) is 0.538. The summed E-state index contributed by atoms with van der Waals surface area (Å²) in [5.41, 5.74) is 1.50. The van der Waals surface area contributed by atoms with Gasteiger partial charge in [-0.05, 0) is 31.9 Å². The van der Waals surface area contributed by atoms with Gasteiger partial charge in [0.2, 0.25) is 0 Å². The maximum atomic E-state index is 2.37. The fourth-order valence-electron chi connectivity index (χ4n) is 1.52. The highest BCUT2D eigenvalue weighted by Crippen LogP contribution is 2.20. The minimum atomic E-state index is 0.717. The first-order valence-electron chi connectivity index (χ1n) is 5.43. The van der Waals surface area contributed by atoms with E-state index in [4.69, 9.17) is 0 Å². The molecule has 0 aromatic rings. The highest BCUT2D eigenvalue weighted by Gasteiger charge is 2.04. The van der Waals surface area contributed by atoms with Crippen LogP contribution in [0.4, 0.5) is 0 Å². The lowest BCUT2D eigenvalue weighted by atomic mass is 10.1. The summed E-state index contributed by atoms with van der Waals surface area (Å²) in [6.45, 7) is 4.46. The summed E-state index contributed by atoms with van der Waals surface area (Å²) in [7, 11) is 0. The maximum absolute atomic E-state index is 2.37. The molecule has 0 aliphatic heterocycles. The van der Waals surface area contributed by atoms with Crippen LogP contribution in [0.15, 0.2) is 36.0 Å². The summed E-state index contributed by atoms with van der Waals surface area (Å²) in [6, 6.07) is 0. The maximum Gasteiger partial charge on any atom is 0.0230 e. The van der Waals surface area contributed by atoms with E-state index in [0.29, 0.717) is 0 Å². The summed E-state index contributed by atoms with van der Waals surface area (Å²) in [4.78, 5) is 0. The van der Waals surface area contributed by atoms with Crippen molar-refractivity contribution in [3.63, 3.8) is 0 Å². The van der Waals surface area contributed by atoms with E-state index in [2.05, 4.69) is 56.0 Å². The molecule has 78 valence electrons. The van der Waals surface area contributed by atoms with E-state index in [1.54, 1.807) is 0 Å². The van der Waals surface area contributed by atoms with Crippen molar-refractivity contribution in [1.29, 1.82) is 0 Å². The molecule has 0 bridgehead atoms. The van der Waals surface area contributed by atoms with Gasteiger partial charge in [0.1, 0.15) is 0 Å². The van der Waals surface area contributed by atoms with Crippen LogP contribution in [-0.4, -0.2) is 11.0 Å². The van der Waals surface area contributed by atoms with Crippen LogP contribution < -0.4 is 0 Å². The highest BCUT2D eigenvalue weighted by atomic mass is 32.2. The predicted molar refractivity (Wildman–Crippen MR) is 67.8 cm³/mol. The van der Waals surface area contributed by atoms with Crippen LogP contribution in [-0.2, 0) is 0 Å². The highest BCUT2D eigenvalue weighted by molar-refractivity contribution is 8.00. The summed E-state index contributed by atoms with van der Waals surface area (Å²) in [6.07, 6.45) is 14.9. The van der Waals surface area contributed by atoms with Gasteiger partial charge in [-0.2, -0.15) is 11.8 Å². The van der Waals surface area contributed by atoms with E-state index >= 15 is 0 Å². The first kappa shape index (κ1) is 11.6. The molecule has 0 N–H and O–H groups in total. The minimum absolute atomic E-state index is 0.717. The number of allylic oxidation sites excluding steroid dienone is 5. The molecule has 1 heteroatoms. The summed E-state index contributed by atoms with van der Waals surface area (Å²) in [5.74, 6) is 1.22. The average Bonchev–Trinajstić information content (AvgIpc) is 2.19. The smallest absolute Gasteiger partial charge is 0.0230 e. The quantitative estimate of drug-likeness (QED) is 0.608. The molecule has 1 aliphatic rings. The molecule has 0 saturated carbocycles. The molecule has 0 fully saturated rings. The van der Waals surface area contributed by atoms with Crippen molar-refractivity contribution in [2.75, 3.05) is 5.75 Å². The van der Waals surface area contributed by atoms with Crippen molar-refractivity contribution in [1.82, 2.24) is 0 Å². The molecule has 0 aromatic heterocycles. The third-order valence-corrected chi connectivity index (χ3v) is 3.50.